The van der Waals surface area contributed by atoms with Crippen molar-refractivity contribution in [3.8, 4) is 11.5 Å². The largest absolute Gasteiger partial charge is 0.487 e. The van der Waals surface area contributed by atoms with Gasteiger partial charge < -0.3 is 30.3 Å². The van der Waals surface area contributed by atoms with E-state index in [1.165, 1.54) is 0 Å². The highest BCUT2D eigenvalue weighted by molar-refractivity contribution is 5.85. The van der Waals surface area contributed by atoms with E-state index < -0.39 is 12.2 Å². The normalized spacial score (nSPS) is 12.9. The molecule has 2 unspecified atom stereocenters. The van der Waals surface area contributed by atoms with E-state index in [-0.39, 0.29) is 38.0 Å². The molecule has 4 N–H and O–H groups in total. The van der Waals surface area contributed by atoms with Crippen molar-refractivity contribution < 1.29 is 19.7 Å². The first kappa shape index (κ1) is 28.4. The molecular weight excluding hydrogens is 391 g/mol. The van der Waals surface area contributed by atoms with E-state index in [0.717, 1.165) is 5.56 Å². The summed E-state index contributed by atoms with van der Waals surface area (Å²) in [6, 6.07) is 6.25. The fourth-order valence-corrected chi connectivity index (χ4v) is 2.08. The van der Waals surface area contributed by atoms with Gasteiger partial charge in [-0.3, -0.25) is 0 Å². The lowest BCUT2D eigenvalue weighted by molar-refractivity contribution is 0.0909. The summed E-state index contributed by atoms with van der Waals surface area (Å²) in [6.45, 7) is 11.4. The zero-order valence-corrected chi connectivity index (χ0v) is 18.5. The Bertz CT molecular complexity index is 505. The second-order valence-corrected chi connectivity index (χ2v) is 7.01. The SMILES string of the molecule is Cc1ccc(OCC(O)CNC(C)C)c(OCC(O)CNC(C)C)c1.Cl.Cl. The second kappa shape index (κ2) is 15.2. The van der Waals surface area contributed by atoms with Crippen LogP contribution in [0.5, 0.6) is 11.5 Å². The average Bonchev–Trinajstić information content (AvgIpc) is 2.55. The molecule has 1 aromatic rings. The van der Waals surface area contributed by atoms with Crippen molar-refractivity contribution in [3.05, 3.63) is 23.8 Å². The van der Waals surface area contributed by atoms with E-state index in [9.17, 15) is 10.2 Å². The first-order valence-electron chi connectivity index (χ1n) is 8.97. The molecule has 0 aliphatic carbocycles. The van der Waals surface area contributed by atoms with Crippen LogP contribution in [-0.2, 0) is 0 Å². The molecule has 0 bridgehead atoms. The third-order valence-corrected chi connectivity index (χ3v) is 3.49. The molecule has 2 atom stereocenters. The summed E-state index contributed by atoms with van der Waals surface area (Å²) in [5.74, 6) is 1.14. The van der Waals surface area contributed by atoms with Gasteiger partial charge in [0.1, 0.15) is 25.4 Å². The highest BCUT2D eigenvalue weighted by Gasteiger charge is 2.12. The number of hydrogen-bond donors (Lipinski definition) is 4. The first-order valence-corrected chi connectivity index (χ1v) is 8.97. The summed E-state index contributed by atoms with van der Waals surface area (Å²) in [5.41, 5.74) is 1.04. The lowest BCUT2D eigenvalue weighted by Crippen LogP contribution is -2.35. The predicted octanol–water partition coefficient (Wildman–Crippen LogP) is 2.31. The van der Waals surface area contributed by atoms with E-state index in [4.69, 9.17) is 9.47 Å². The van der Waals surface area contributed by atoms with Gasteiger partial charge in [0.15, 0.2) is 11.5 Å². The van der Waals surface area contributed by atoms with Gasteiger partial charge in [-0.15, -0.1) is 24.8 Å². The van der Waals surface area contributed by atoms with Gasteiger partial charge in [-0.25, -0.2) is 0 Å². The molecule has 27 heavy (non-hydrogen) atoms. The lowest BCUT2D eigenvalue weighted by Gasteiger charge is -2.19. The average molecular weight is 427 g/mol. The number of rotatable bonds is 12. The molecule has 0 heterocycles. The molecule has 160 valence electrons. The maximum atomic E-state index is 9.98. The van der Waals surface area contributed by atoms with E-state index in [0.29, 0.717) is 36.7 Å². The van der Waals surface area contributed by atoms with Crippen LogP contribution in [0.4, 0.5) is 0 Å². The molecule has 8 heteroatoms. The fourth-order valence-electron chi connectivity index (χ4n) is 2.08. The van der Waals surface area contributed by atoms with E-state index in [1.807, 2.05) is 52.8 Å². The summed E-state index contributed by atoms with van der Waals surface area (Å²) < 4.78 is 11.4. The van der Waals surface area contributed by atoms with Crippen LogP contribution in [0.1, 0.15) is 33.3 Å². The Balaban J connectivity index is 0. The zero-order valence-electron chi connectivity index (χ0n) is 16.9. The number of aliphatic hydroxyl groups is 2. The van der Waals surface area contributed by atoms with E-state index >= 15 is 0 Å². The van der Waals surface area contributed by atoms with Gasteiger partial charge in [-0.05, 0) is 24.6 Å². The van der Waals surface area contributed by atoms with E-state index in [1.54, 1.807) is 0 Å². The van der Waals surface area contributed by atoms with Gasteiger partial charge in [-0.1, -0.05) is 33.8 Å². The molecular formula is C19H36Cl2N2O4. The van der Waals surface area contributed by atoms with Gasteiger partial charge in [0, 0.05) is 25.2 Å². The highest BCUT2D eigenvalue weighted by Crippen LogP contribution is 2.28. The number of benzene rings is 1. The molecule has 0 aliphatic heterocycles. The highest BCUT2D eigenvalue weighted by atomic mass is 35.5. The number of ether oxygens (including phenoxy) is 2. The monoisotopic (exact) mass is 426 g/mol. The van der Waals surface area contributed by atoms with Crippen LogP contribution in [0.25, 0.3) is 0 Å². The van der Waals surface area contributed by atoms with Crippen LogP contribution < -0.4 is 20.1 Å². The molecule has 1 rings (SSSR count). The minimum atomic E-state index is -0.600. The maximum absolute atomic E-state index is 9.98. The van der Waals surface area contributed by atoms with Crippen LogP contribution >= 0.6 is 24.8 Å². The predicted molar refractivity (Wildman–Crippen MR) is 115 cm³/mol. The number of aryl methyl sites for hydroxylation is 1. The van der Waals surface area contributed by atoms with Gasteiger partial charge in [0.25, 0.3) is 0 Å². The Hall–Kier alpha value is -0.760. The number of nitrogens with one attached hydrogen (secondary N) is 2. The van der Waals surface area contributed by atoms with Gasteiger partial charge >= 0.3 is 0 Å². The molecule has 0 fully saturated rings. The quantitative estimate of drug-likeness (QED) is 0.410. The summed E-state index contributed by atoms with van der Waals surface area (Å²) in [5, 5.41) is 26.3. The van der Waals surface area contributed by atoms with Crippen molar-refractivity contribution in [3.63, 3.8) is 0 Å². The van der Waals surface area contributed by atoms with Crippen molar-refractivity contribution in [1.82, 2.24) is 10.6 Å². The minimum Gasteiger partial charge on any atom is -0.487 e. The topological polar surface area (TPSA) is 83.0 Å². The molecule has 0 aromatic heterocycles. The van der Waals surface area contributed by atoms with Crippen LogP contribution in [0.2, 0.25) is 0 Å². The standard InChI is InChI=1S/C19H34N2O4.2ClH/c1-13(2)20-9-16(22)11-24-18-7-6-15(5)8-19(18)25-12-17(23)10-21-14(3)4;;/h6-8,13-14,16-17,20-23H,9-12H2,1-5H3;2*1H. The molecule has 0 saturated carbocycles. The summed E-state index contributed by atoms with van der Waals surface area (Å²) in [7, 11) is 0. The zero-order chi connectivity index (χ0) is 18.8. The van der Waals surface area contributed by atoms with Crippen molar-refractivity contribution >= 4 is 24.8 Å². The van der Waals surface area contributed by atoms with Crippen molar-refractivity contribution in [2.24, 2.45) is 0 Å². The van der Waals surface area contributed by atoms with Crippen molar-refractivity contribution in [1.29, 1.82) is 0 Å². The van der Waals surface area contributed by atoms with E-state index in [2.05, 4.69) is 10.6 Å². The number of aliphatic hydroxyl groups excluding tert-OH is 2. The molecule has 0 spiro atoms. The summed E-state index contributed by atoms with van der Waals surface area (Å²) in [6.07, 6.45) is -1.20. The minimum absolute atomic E-state index is 0. The van der Waals surface area contributed by atoms with Gasteiger partial charge in [0.05, 0.1) is 0 Å². The second-order valence-electron chi connectivity index (χ2n) is 7.01. The van der Waals surface area contributed by atoms with Gasteiger partial charge in [-0.2, -0.15) is 0 Å². The van der Waals surface area contributed by atoms with Gasteiger partial charge in [0.2, 0.25) is 0 Å². The number of hydrogen-bond acceptors (Lipinski definition) is 6. The fraction of sp³-hybridized carbons (Fsp3) is 0.684. The number of halogens is 2. The van der Waals surface area contributed by atoms with Crippen LogP contribution in [0, 0.1) is 6.92 Å². The Morgan fingerprint density at radius 3 is 1.70 bits per heavy atom. The summed E-state index contributed by atoms with van der Waals surface area (Å²) in [4.78, 5) is 0. The summed E-state index contributed by atoms with van der Waals surface area (Å²) >= 11 is 0. The van der Waals surface area contributed by atoms with Crippen LogP contribution in [0.3, 0.4) is 0 Å². The third kappa shape index (κ3) is 13.1. The molecule has 0 saturated heterocycles. The van der Waals surface area contributed by atoms with Crippen LogP contribution in [0.15, 0.2) is 18.2 Å². The Morgan fingerprint density at radius 2 is 1.26 bits per heavy atom. The lowest BCUT2D eigenvalue weighted by atomic mass is 10.2. The van der Waals surface area contributed by atoms with Crippen LogP contribution in [-0.4, -0.2) is 60.8 Å². The Kier molecular flexibility index (Phi) is 16.0. The first-order chi connectivity index (χ1) is 11.8. The molecule has 0 aliphatic rings. The Morgan fingerprint density at radius 1 is 0.815 bits per heavy atom. The molecule has 6 nitrogen and oxygen atoms in total. The van der Waals surface area contributed by atoms with Crippen molar-refractivity contribution in [2.45, 2.75) is 58.9 Å². The maximum Gasteiger partial charge on any atom is 0.161 e. The molecule has 1 aromatic carbocycles. The smallest absolute Gasteiger partial charge is 0.161 e. The third-order valence-electron chi connectivity index (χ3n) is 3.49. The molecule has 0 amide bonds. The van der Waals surface area contributed by atoms with Crippen molar-refractivity contribution in [2.75, 3.05) is 26.3 Å². The molecule has 0 radical (unpaired) electrons. The Labute approximate surface area is 175 Å².